The molecule has 2 aliphatic rings. The van der Waals surface area contributed by atoms with Crippen LogP contribution in [0.25, 0.3) is 0 Å². The normalized spacial score (nSPS) is 39.4. The monoisotopic (exact) mass is 267 g/mol. The topological polar surface area (TPSA) is 69.4 Å². The Morgan fingerprint density at radius 2 is 2.05 bits per heavy atom. The van der Waals surface area contributed by atoms with Gasteiger partial charge in [0.2, 0.25) is 5.91 Å². The van der Waals surface area contributed by atoms with Crippen LogP contribution in [0.5, 0.6) is 0 Å². The molecule has 2 fully saturated rings. The molecule has 4 heteroatoms. The van der Waals surface area contributed by atoms with Gasteiger partial charge in [-0.25, -0.2) is 0 Å². The van der Waals surface area contributed by atoms with Gasteiger partial charge in [-0.3, -0.25) is 9.59 Å². The lowest BCUT2D eigenvalue weighted by Crippen LogP contribution is -2.54. The average molecular weight is 267 g/mol. The first-order chi connectivity index (χ1) is 8.89. The van der Waals surface area contributed by atoms with Crippen molar-refractivity contribution in [3.63, 3.8) is 0 Å². The number of nitrogens with two attached hydrogens (primary N) is 1. The Labute approximate surface area is 115 Å². The smallest absolute Gasteiger partial charge is 0.310 e. The molecule has 0 aromatic rings. The van der Waals surface area contributed by atoms with Gasteiger partial charge in [-0.2, -0.15) is 0 Å². The van der Waals surface area contributed by atoms with Crippen molar-refractivity contribution in [2.24, 2.45) is 34.8 Å². The molecule has 0 bridgehead atoms. The van der Waals surface area contributed by atoms with Crippen molar-refractivity contribution in [3.05, 3.63) is 0 Å². The van der Waals surface area contributed by atoms with Gasteiger partial charge in [0.1, 0.15) is 0 Å². The number of ether oxygens (including phenoxy) is 1. The Morgan fingerprint density at radius 3 is 2.53 bits per heavy atom. The molecule has 4 atom stereocenters. The molecule has 1 saturated carbocycles. The zero-order valence-corrected chi connectivity index (χ0v) is 12.1. The fourth-order valence-corrected chi connectivity index (χ4v) is 4.30. The van der Waals surface area contributed by atoms with E-state index in [1.807, 2.05) is 0 Å². The van der Waals surface area contributed by atoms with Gasteiger partial charge in [0, 0.05) is 0 Å². The van der Waals surface area contributed by atoms with Gasteiger partial charge in [0.25, 0.3) is 0 Å². The van der Waals surface area contributed by atoms with Gasteiger partial charge in [-0.15, -0.1) is 0 Å². The van der Waals surface area contributed by atoms with Crippen molar-refractivity contribution in [1.29, 1.82) is 0 Å². The third kappa shape index (κ3) is 2.26. The molecule has 2 N–H and O–H groups in total. The van der Waals surface area contributed by atoms with Crippen molar-refractivity contribution in [3.8, 4) is 0 Å². The van der Waals surface area contributed by atoms with Crippen molar-refractivity contribution >= 4 is 11.9 Å². The molecule has 0 spiro atoms. The average Bonchev–Trinajstić information content (AvgIpc) is 2.74. The molecule has 1 aliphatic carbocycles. The highest BCUT2D eigenvalue weighted by atomic mass is 16.5. The zero-order chi connectivity index (χ0) is 14.2. The SMILES string of the molecule is CC(C)C1CC[C@@H](C)CC1(C(N)=O)C1CCOC1=O. The van der Waals surface area contributed by atoms with E-state index in [0.29, 0.717) is 24.9 Å². The van der Waals surface area contributed by atoms with Gasteiger partial charge >= 0.3 is 5.97 Å². The molecule has 19 heavy (non-hydrogen) atoms. The maximum absolute atomic E-state index is 12.3. The second kappa shape index (κ2) is 5.14. The molecule has 0 aromatic heterocycles. The van der Waals surface area contributed by atoms with E-state index in [-0.39, 0.29) is 23.7 Å². The predicted molar refractivity (Wildman–Crippen MR) is 72.0 cm³/mol. The third-order valence-electron chi connectivity index (χ3n) is 5.14. The minimum absolute atomic E-state index is 0.192. The van der Waals surface area contributed by atoms with Crippen LogP contribution in [0.1, 0.15) is 46.5 Å². The first-order valence-electron chi connectivity index (χ1n) is 7.36. The molecule has 1 heterocycles. The molecule has 4 nitrogen and oxygen atoms in total. The van der Waals surface area contributed by atoms with Crippen LogP contribution in [0, 0.1) is 29.1 Å². The van der Waals surface area contributed by atoms with Gasteiger partial charge in [0.05, 0.1) is 17.9 Å². The van der Waals surface area contributed by atoms with Crippen LogP contribution in [0.3, 0.4) is 0 Å². The van der Waals surface area contributed by atoms with E-state index >= 15 is 0 Å². The van der Waals surface area contributed by atoms with Crippen molar-refractivity contribution in [1.82, 2.24) is 0 Å². The quantitative estimate of drug-likeness (QED) is 0.796. The number of carbonyl (C=O) groups excluding carboxylic acids is 2. The van der Waals surface area contributed by atoms with Gasteiger partial charge in [-0.1, -0.05) is 27.2 Å². The molecule has 2 rings (SSSR count). The molecule has 1 aliphatic heterocycles. The Kier molecular flexibility index (Phi) is 3.88. The number of hydrogen-bond donors (Lipinski definition) is 1. The van der Waals surface area contributed by atoms with E-state index in [1.54, 1.807) is 0 Å². The summed E-state index contributed by atoms with van der Waals surface area (Å²) in [6.07, 6.45) is 3.45. The van der Waals surface area contributed by atoms with Crippen LogP contribution in [0.15, 0.2) is 0 Å². The van der Waals surface area contributed by atoms with E-state index in [0.717, 1.165) is 19.3 Å². The number of amides is 1. The number of esters is 1. The molecule has 3 unspecified atom stereocenters. The van der Waals surface area contributed by atoms with Crippen LogP contribution in [0.4, 0.5) is 0 Å². The van der Waals surface area contributed by atoms with Crippen LogP contribution >= 0.6 is 0 Å². The highest BCUT2D eigenvalue weighted by molar-refractivity contribution is 5.89. The first kappa shape index (κ1) is 14.4. The van der Waals surface area contributed by atoms with Crippen LogP contribution in [-0.4, -0.2) is 18.5 Å². The third-order valence-corrected chi connectivity index (χ3v) is 5.14. The summed E-state index contributed by atoms with van der Waals surface area (Å²) in [6, 6.07) is 0. The Balaban J connectivity index is 2.43. The maximum atomic E-state index is 12.3. The van der Waals surface area contributed by atoms with E-state index in [1.165, 1.54) is 0 Å². The molecular formula is C15H25NO3. The highest BCUT2D eigenvalue weighted by Crippen LogP contribution is 2.53. The summed E-state index contributed by atoms with van der Waals surface area (Å²) in [5.74, 6) is 0.126. The minimum atomic E-state index is -0.695. The molecule has 0 radical (unpaired) electrons. The fraction of sp³-hybridized carbons (Fsp3) is 0.867. The second-order valence-corrected chi connectivity index (χ2v) is 6.65. The second-order valence-electron chi connectivity index (χ2n) is 6.65. The summed E-state index contributed by atoms with van der Waals surface area (Å²) >= 11 is 0. The van der Waals surface area contributed by atoms with E-state index in [2.05, 4.69) is 20.8 Å². The summed E-state index contributed by atoms with van der Waals surface area (Å²) in [7, 11) is 0. The molecular weight excluding hydrogens is 242 g/mol. The zero-order valence-electron chi connectivity index (χ0n) is 12.1. The fourth-order valence-electron chi connectivity index (χ4n) is 4.30. The molecule has 1 saturated heterocycles. The van der Waals surface area contributed by atoms with Crippen LogP contribution in [-0.2, 0) is 14.3 Å². The van der Waals surface area contributed by atoms with E-state index in [9.17, 15) is 9.59 Å². The lowest BCUT2D eigenvalue weighted by molar-refractivity contribution is -0.157. The summed E-state index contributed by atoms with van der Waals surface area (Å²) in [5.41, 5.74) is 5.09. The maximum Gasteiger partial charge on any atom is 0.310 e. The van der Waals surface area contributed by atoms with Crippen molar-refractivity contribution in [2.75, 3.05) is 6.61 Å². The summed E-state index contributed by atoms with van der Waals surface area (Å²) in [4.78, 5) is 24.3. The first-order valence-corrected chi connectivity index (χ1v) is 7.36. The standard InChI is InChI=1S/C15H25NO3/c1-9(2)11-5-4-10(3)8-15(11,14(16)18)12-6-7-19-13(12)17/h9-12H,4-8H2,1-3H3,(H2,16,18)/t10-,11?,12?,15?/m1/s1. The lowest BCUT2D eigenvalue weighted by atomic mass is 9.54. The van der Waals surface area contributed by atoms with Crippen LogP contribution in [0.2, 0.25) is 0 Å². The largest absolute Gasteiger partial charge is 0.465 e. The van der Waals surface area contributed by atoms with Gasteiger partial charge in [0.15, 0.2) is 0 Å². The highest BCUT2D eigenvalue weighted by Gasteiger charge is 2.57. The number of cyclic esters (lactones) is 1. The Hall–Kier alpha value is -1.06. The molecule has 1 amide bonds. The Morgan fingerprint density at radius 1 is 1.37 bits per heavy atom. The summed E-state index contributed by atoms with van der Waals surface area (Å²) in [6.45, 7) is 6.82. The van der Waals surface area contributed by atoms with E-state index in [4.69, 9.17) is 10.5 Å². The summed E-state index contributed by atoms with van der Waals surface area (Å²) in [5, 5.41) is 0. The summed E-state index contributed by atoms with van der Waals surface area (Å²) < 4.78 is 5.11. The van der Waals surface area contributed by atoms with Crippen molar-refractivity contribution < 1.29 is 14.3 Å². The number of primary amides is 1. The van der Waals surface area contributed by atoms with Gasteiger partial charge < -0.3 is 10.5 Å². The minimum Gasteiger partial charge on any atom is -0.465 e. The lowest BCUT2D eigenvalue weighted by Gasteiger charge is -2.48. The van der Waals surface area contributed by atoms with Crippen LogP contribution < -0.4 is 5.73 Å². The predicted octanol–water partition coefficient (Wildman–Crippen LogP) is 2.11. The number of hydrogen-bond acceptors (Lipinski definition) is 3. The Bertz CT molecular complexity index is 380. The number of rotatable bonds is 3. The van der Waals surface area contributed by atoms with Gasteiger partial charge in [-0.05, 0) is 37.0 Å². The van der Waals surface area contributed by atoms with E-state index < -0.39 is 5.41 Å². The van der Waals surface area contributed by atoms with Crippen molar-refractivity contribution in [2.45, 2.75) is 46.5 Å². The number of carbonyl (C=O) groups is 2. The molecule has 0 aromatic carbocycles. The molecule has 108 valence electrons.